The van der Waals surface area contributed by atoms with Crippen LogP contribution in [0, 0.1) is 11.6 Å². The predicted molar refractivity (Wildman–Crippen MR) is 59.3 cm³/mol. The summed E-state index contributed by atoms with van der Waals surface area (Å²) < 4.78 is 30.7. The van der Waals surface area contributed by atoms with Crippen LogP contribution in [0.15, 0.2) is 12.1 Å². The molecule has 1 rings (SSSR count). The van der Waals surface area contributed by atoms with Crippen molar-refractivity contribution in [3.05, 3.63) is 34.9 Å². The Morgan fingerprint density at radius 3 is 2.38 bits per heavy atom. The highest BCUT2D eigenvalue weighted by atomic mass is 79.9. The molecule has 2 nitrogen and oxygen atoms in total. The molecule has 0 spiro atoms. The van der Waals surface area contributed by atoms with E-state index in [2.05, 4.69) is 15.9 Å². The number of carbonyl (C=O) groups is 1. The van der Waals surface area contributed by atoms with E-state index in [4.69, 9.17) is 4.74 Å². The van der Waals surface area contributed by atoms with Gasteiger partial charge >= 0.3 is 5.97 Å². The molecule has 0 saturated carbocycles. The maximum absolute atomic E-state index is 13.0. The van der Waals surface area contributed by atoms with Crippen molar-refractivity contribution in [2.75, 3.05) is 6.61 Å². The van der Waals surface area contributed by atoms with Gasteiger partial charge in [-0.1, -0.05) is 15.9 Å². The molecule has 0 unspecified atom stereocenters. The van der Waals surface area contributed by atoms with Gasteiger partial charge in [0, 0.05) is 5.33 Å². The number of rotatable bonds is 4. The van der Waals surface area contributed by atoms with E-state index in [0.717, 1.165) is 12.1 Å². The third kappa shape index (κ3) is 3.27. The molecule has 0 fully saturated rings. The smallest absolute Gasteiger partial charge is 0.310 e. The molecule has 1 aromatic carbocycles. The lowest BCUT2D eigenvalue weighted by Gasteiger charge is -2.07. The first kappa shape index (κ1) is 13.1. The largest absolute Gasteiger partial charge is 0.466 e. The van der Waals surface area contributed by atoms with Gasteiger partial charge in [0.1, 0.15) is 0 Å². The van der Waals surface area contributed by atoms with Crippen molar-refractivity contribution in [2.45, 2.75) is 18.7 Å². The molecule has 0 amide bonds. The van der Waals surface area contributed by atoms with Gasteiger partial charge in [0.25, 0.3) is 0 Å². The number of alkyl halides is 1. The highest BCUT2D eigenvalue weighted by molar-refractivity contribution is 9.08. The van der Waals surface area contributed by atoms with E-state index in [9.17, 15) is 13.6 Å². The molecule has 0 radical (unpaired) electrons. The summed E-state index contributed by atoms with van der Waals surface area (Å²) in [4.78, 5) is 11.2. The van der Waals surface area contributed by atoms with Gasteiger partial charge in [-0.15, -0.1) is 0 Å². The Balaban J connectivity index is 2.94. The normalized spacial score (nSPS) is 10.2. The van der Waals surface area contributed by atoms with Crippen LogP contribution >= 0.6 is 15.9 Å². The van der Waals surface area contributed by atoms with Gasteiger partial charge in [-0.2, -0.15) is 0 Å². The minimum Gasteiger partial charge on any atom is -0.466 e. The maximum atomic E-state index is 13.0. The molecule has 0 bridgehead atoms. The van der Waals surface area contributed by atoms with Crippen LogP contribution in [0.2, 0.25) is 0 Å². The van der Waals surface area contributed by atoms with Crippen molar-refractivity contribution < 1.29 is 18.3 Å². The third-order valence-corrected chi connectivity index (χ3v) is 2.63. The van der Waals surface area contributed by atoms with Crippen molar-refractivity contribution in [1.29, 1.82) is 0 Å². The Morgan fingerprint density at radius 2 is 1.88 bits per heavy atom. The summed E-state index contributed by atoms with van der Waals surface area (Å²) in [7, 11) is 0. The topological polar surface area (TPSA) is 26.3 Å². The van der Waals surface area contributed by atoms with E-state index >= 15 is 0 Å². The summed E-state index contributed by atoms with van der Waals surface area (Å²) in [5.74, 6) is -2.32. The van der Waals surface area contributed by atoms with Gasteiger partial charge < -0.3 is 4.74 Å². The molecular weight excluding hydrogens is 282 g/mol. The van der Waals surface area contributed by atoms with Crippen LogP contribution in [0.25, 0.3) is 0 Å². The molecule has 0 heterocycles. The molecule has 0 aliphatic rings. The van der Waals surface area contributed by atoms with Crippen molar-refractivity contribution in [1.82, 2.24) is 0 Å². The molecule has 5 heteroatoms. The first-order valence-corrected chi connectivity index (χ1v) is 5.89. The zero-order valence-electron chi connectivity index (χ0n) is 8.73. The lowest BCUT2D eigenvalue weighted by atomic mass is 10.1. The van der Waals surface area contributed by atoms with Crippen LogP contribution in [0.3, 0.4) is 0 Å². The van der Waals surface area contributed by atoms with Gasteiger partial charge in [0.2, 0.25) is 0 Å². The summed E-state index contributed by atoms with van der Waals surface area (Å²) in [6.07, 6.45) is -0.0496. The molecule has 0 aliphatic heterocycles. The number of benzene rings is 1. The van der Waals surface area contributed by atoms with Crippen molar-refractivity contribution in [3.63, 3.8) is 0 Å². The lowest BCUT2D eigenvalue weighted by Crippen LogP contribution is -2.09. The zero-order valence-corrected chi connectivity index (χ0v) is 10.3. The fourth-order valence-corrected chi connectivity index (χ4v) is 1.81. The number of hydrogen-bond acceptors (Lipinski definition) is 2. The van der Waals surface area contributed by atoms with E-state index in [-0.39, 0.29) is 13.0 Å². The van der Waals surface area contributed by atoms with Crippen LogP contribution < -0.4 is 0 Å². The number of halogens is 3. The molecular formula is C11H11BrF2O2. The van der Waals surface area contributed by atoms with E-state index in [1.54, 1.807) is 6.92 Å². The molecule has 88 valence electrons. The molecule has 0 aromatic heterocycles. The molecule has 0 atom stereocenters. The summed E-state index contributed by atoms with van der Waals surface area (Å²) in [5, 5.41) is 0.360. The second-order valence-corrected chi connectivity index (χ2v) is 3.71. The average molecular weight is 293 g/mol. The Hall–Kier alpha value is -0.970. The van der Waals surface area contributed by atoms with E-state index in [1.807, 2.05) is 0 Å². The van der Waals surface area contributed by atoms with Gasteiger partial charge in [-0.25, -0.2) is 8.78 Å². The SMILES string of the molecule is CCOC(=O)Cc1cc(F)c(F)cc1CBr. The Bertz CT molecular complexity index is 394. The van der Waals surface area contributed by atoms with Gasteiger partial charge in [-0.3, -0.25) is 4.79 Å². The Labute approximate surface area is 101 Å². The standard InChI is InChI=1S/C11H11BrF2O2/c1-2-16-11(15)5-7-3-9(13)10(14)4-8(7)6-12/h3-4H,2,5-6H2,1H3. The van der Waals surface area contributed by atoms with Crippen LogP contribution in [-0.4, -0.2) is 12.6 Å². The molecule has 0 saturated heterocycles. The van der Waals surface area contributed by atoms with E-state index in [1.165, 1.54) is 0 Å². The summed E-state index contributed by atoms with van der Waals surface area (Å²) >= 11 is 3.15. The van der Waals surface area contributed by atoms with Crippen molar-refractivity contribution in [2.24, 2.45) is 0 Å². The molecule has 0 aliphatic carbocycles. The number of hydrogen-bond donors (Lipinski definition) is 0. The second-order valence-electron chi connectivity index (χ2n) is 3.15. The second kappa shape index (κ2) is 5.94. The number of esters is 1. The first-order valence-electron chi connectivity index (χ1n) is 4.76. The van der Waals surface area contributed by atoms with Gasteiger partial charge in [0.05, 0.1) is 13.0 Å². The molecule has 1 aromatic rings. The van der Waals surface area contributed by atoms with E-state index < -0.39 is 17.6 Å². The average Bonchev–Trinajstić information content (AvgIpc) is 2.23. The lowest BCUT2D eigenvalue weighted by molar-refractivity contribution is -0.142. The summed E-state index contributed by atoms with van der Waals surface area (Å²) in [6, 6.07) is 2.11. The van der Waals surface area contributed by atoms with E-state index in [0.29, 0.717) is 16.5 Å². The number of ether oxygens (including phenoxy) is 1. The third-order valence-electron chi connectivity index (χ3n) is 2.03. The van der Waals surface area contributed by atoms with Crippen molar-refractivity contribution >= 4 is 21.9 Å². The summed E-state index contributed by atoms with van der Waals surface area (Å²) in [5.41, 5.74) is 0.987. The summed E-state index contributed by atoms with van der Waals surface area (Å²) in [6.45, 7) is 1.96. The first-order chi connectivity index (χ1) is 7.58. The van der Waals surface area contributed by atoms with Crippen LogP contribution in [0.1, 0.15) is 18.1 Å². The highest BCUT2D eigenvalue weighted by Crippen LogP contribution is 2.18. The molecule has 16 heavy (non-hydrogen) atoms. The van der Waals surface area contributed by atoms with Gasteiger partial charge in [0.15, 0.2) is 11.6 Å². The van der Waals surface area contributed by atoms with Crippen LogP contribution in [0.4, 0.5) is 8.78 Å². The predicted octanol–water partition coefficient (Wildman–Crippen LogP) is 2.97. The quantitative estimate of drug-likeness (QED) is 0.630. The fourth-order valence-electron chi connectivity index (χ4n) is 1.29. The minimum absolute atomic E-state index is 0.0496. The van der Waals surface area contributed by atoms with Crippen LogP contribution in [-0.2, 0) is 21.3 Å². The Kier molecular flexibility index (Phi) is 4.86. The van der Waals surface area contributed by atoms with Crippen LogP contribution in [0.5, 0.6) is 0 Å². The van der Waals surface area contributed by atoms with Gasteiger partial charge in [-0.05, 0) is 30.2 Å². The minimum atomic E-state index is -0.955. The zero-order chi connectivity index (χ0) is 12.1. The molecule has 0 N–H and O–H groups in total. The van der Waals surface area contributed by atoms with Crippen molar-refractivity contribution in [3.8, 4) is 0 Å². The Morgan fingerprint density at radius 1 is 1.31 bits per heavy atom. The number of carbonyl (C=O) groups excluding carboxylic acids is 1. The fraction of sp³-hybridized carbons (Fsp3) is 0.364. The maximum Gasteiger partial charge on any atom is 0.310 e. The highest BCUT2D eigenvalue weighted by Gasteiger charge is 2.12. The monoisotopic (exact) mass is 292 g/mol.